The van der Waals surface area contributed by atoms with Crippen LogP contribution >= 0.6 is 23.2 Å². The molecule has 1 atom stereocenters. The second-order valence-corrected chi connectivity index (χ2v) is 7.50. The second-order valence-electron chi connectivity index (χ2n) is 6.62. The molecule has 3 rings (SSSR count). The average Bonchev–Trinajstić information content (AvgIpc) is 2.69. The molecule has 1 aliphatic heterocycles. The number of hydrogen-bond donors (Lipinski definition) is 1. The zero-order chi connectivity index (χ0) is 20.8. The number of esters is 1. The second kappa shape index (κ2) is 9.76. The largest absolute Gasteiger partial charge is 0.465 e. The number of amides is 2. The van der Waals surface area contributed by atoms with E-state index in [1.54, 1.807) is 0 Å². The minimum absolute atomic E-state index is 0.203. The van der Waals surface area contributed by atoms with E-state index < -0.39 is 23.8 Å². The van der Waals surface area contributed by atoms with E-state index >= 15 is 0 Å². The highest BCUT2D eigenvalue weighted by atomic mass is 35.5. The monoisotopic (exact) mass is 434 g/mol. The number of rotatable bonds is 6. The van der Waals surface area contributed by atoms with E-state index in [4.69, 9.17) is 27.9 Å². The molecular formula is C21H20Cl2N2O4. The normalized spacial score (nSPS) is 16.3. The molecule has 152 valence electrons. The molecule has 1 unspecified atom stereocenters. The van der Waals surface area contributed by atoms with Crippen molar-refractivity contribution in [3.8, 4) is 0 Å². The van der Waals surface area contributed by atoms with Crippen LogP contribution in [0.3, 0.4) is 0 Å². The fraction of sp³-hybridized carbons (Fsp3) is 0.286. The summed E-state index contributed by atoms with van der Waals surface area (Å²) in [6.45, 7) is 0.782. The van der Waals surface area contributed by atoms with Crippen LogP contribution in [0.25, 0.3) is 0 Å². The Labute approximate surface area is 178 Å². The van der Waals surface area contributed by atoms with Gasteiger partial charge in [0.2, 0.25) is 5.91 Å². The number of nitrogens with zero attached hydrogens (tertiary/aromatic N) is 1. The van der Waals surface area contributed by atoms with Gasteiger partial charge in [0, 0.05) is 35.1 Å². The quantitative estimate of drug-likeness (QED) is 0.708. The van der Waals surface area contributed by atoms with Gasteiger partial charge in [-0.05, 0) is 23.8 Å². The smallest absolute Gasteiger partial charge is 0.308 e. The third-order valence-electron chi connectivity index (χ3n) is 4.56. The van der Waals surface area contributed by atoms with Crippen molar-refractivity contribution < 1.29 is 19.1 Å². The minimum atomic E-state index is -0.946. The number of hydrogen-bond acceptors (Lipinski definition) is 4. The lowest BCUT2D eigenvalue weighted by atomic mass is 10.1. The van der Waals surface area contributed by atoms with Gasteiger partial charge in [0.25, 0.3) is 5.91 Å². The van der Waals surface area contributed by atoms with Crippen molar-refractivity contribution in [1.29, 1.82) is 0 Å². The van der Waals surface area contributed by atoms with Crippen molar-refractivity contribution in [3.05, 3.63) is 69.7 Å². The fourth-order valence-corrected chi connectivity index (χ4v) is 3.67. The highest BCUT2D eigenvalue weighted by Gasteiger charge is 2.35. The number of piperazine rings is 1. The van der Waals surface area contributed by atoms with Crippen molar-refractivity contribution in [2.45, 2.75) is 18.9 Å². The molecule has 0 bridgehead atoms. The van der Waals surface area contributed by atoms with Crippen LogP contribution in [0.15, 0.2) is 48.5 Å². The first-order valence-electron chi connectivity index (χ1n) is 9.18. The third kappa shape index (κ3) is 5.71. The Kier molecular flexibility index (Phi) is 7.12. The summed E-state index contributed by atoms with van der Waals surface area (Å²) in [7, 11) is 0. The molecule has 29 heavy (non-hydrogen) atoms. The van der Waals surface area contributed by atoms with E-state index in [2.05, 4.69) is 5.32 Å². The molecule has 0 aliphatic carbocycles. The van der Waals surface area contributed by atoms with Gasteiger partial charge in [-0.1, -0.05) is 53.5 Å². The summed E-state index contributed by atoms with van der Waals surface area (Å²) in [6, 6.07) is 13.2. The van der Waals surface area contributed by atoms with E-state index in [0.29, 0.717) is 23.0 Å². The molecule has 2 aromatic carbocycles. The molecule has 0 radical (unpaired) electrons. The maximum absolute atomic E-state index is 12.9. The molecule has 6 nitrogen and oxygen atoms in total. The summed E-state index contributed by atoms with van der Waals surface area (Å²) >= 11 is 12.0. The third-order valence-corrected chi connectivity index (χ3v) is 4.99. The van der Waals surface area contributed by atoms with Crippen molar-refractivity contribution in [1.82, 2.24) is 10.2 Å². The van der Waals surface area contributed by atoms with Crippen molar-refractivity contribution in [2.75, 3.05) is 19.7 Å². The Balaban J connectivity index is 1.64. The zero-order valence-corrected chi connectivity index (χ0v) is 17.1. The lowest BCUT2D eigenvalue weighted by Gasteiger charge is -2.34. The molecule has 1 aliphatic rings. The van der Waals surface area contributed by atoms with Crippen molar-refractivity contribution in [3.63, 3.8) is 0 Å². The zero-order valence-electron chi connectivity index (χ0n) is 15.6. The van der Waals surface area contributed by atoms with Crippen LogP contribution in [0.2, 0.25) is 10.0 Å². The highest BCUT2D eigenvalue weighted by Crippen LogP contribution is 2.22. The molecular weight excluding hydrogens is 415 g/mol. The molecule has 0 aromatic heterocycles. The summed E-state index contributed by atoms with van der Waals surface area (Å²) in [4.78, 5) is 38.9. The molecule has 1 heterocycles. The van der Waals surface area contributed by atoms with Gasteiger partial charge in [0.1, 0.15) is 6.04 Å². The predicted molar refractivity (Wildman–Crippen MR) is 110 cm³/mol. The minimum Gasteiger partial charge on any atom is -0.465 e. The first kappa shape index (κ1) is 21.1. The maximum atomic E-state index is 12.9. The van der Waals surface area contributed by atoms with Crippen LogP contribution in [0, 0.1) is 0 Å². The first-order chi connectivity index (χ1) is 13.9. The van der Waals surface area contributed by atoms with Gasteiger partial charge in [0.15, 0.2) is 0 Å². The predicted octanol–water partition coefficient (Wildman–Crippen LogP) is 3.11. The topological polar surface area (TPSA) is 75.7 Å². The summed E-state index contributed by atoms with van der Waals surface area (Å²) < 4.78 is 5.27. The van der Waals surface area contributed by atoms with Gasteiger partial charge in [0.05, 0.1) is 13.0 Å². The number of halogens is 2. The molecule has 0 saturated carbocycles. The molecule has 1 saturated heterocycles. The average molecular weight is 435 g/mol. The van der Waals surface area contributed by atoms with Gasteiger partial charge >= 0.3 is 5.97 Å². The fourth-order valence-electron chi connectivity index (χ4n) is 3.15. The Hall–Kier alpha value is -2.57. The summed E-state index contributed by atoms with van der Waals surface area (Å²) in [6.07, 6.45) is 0.355. The molecule has 1 fully saturated rings. The van der Waals surface area contributed by atoms with E-state index in [1.807, 2.05) is 30.3 Å². The first-order valence-corrected chi connectivity index (χ1v) is 9.94. The van der Waals surface area contributed by atoms with Crippen molar-refractivity contribution in [2.24, 2.45) is 0 Å². The van der Waals surface area contributed by atoms with Crippen LogP contribution in [0.4, 0.5) is 0 Å². The van der Waals surface area contributed by atoms with Crippen LogP contribution in [-0.4, -0.2) is 48.4 Å². The van der Waals surface area contributed by atoms with E-state index in [0.717, 1.165) is 5.56 Å². The van der Waals surface area contributed by atoms with Crippen LogP contribution < -0.4 is 5.32 Å². The Morgan fingerprint density at radius 2 is 1.79 bits per heavy atom. The van der Waals surface area contributed by atoms with Crippen molar-refractivity contribution >= 4 is 41.0 Å². The number of benzene rings is 2. The molecule has 2 aromatic rings. The molecule has 1 N–H and O–H groups in total. The lowest BCUT2D eigenvalue weighted by Crippen LogP contribution is -2.57. The Bertz CT molecular complexity index is 885. The number of carbonyl (C=O) groups excluding carboxylic acids is 3. The lowest BCUT2D eigenvalue weighted by molar-refractivity contribution is -0.147. The van der Waals surface area contributed by atoms with Gasteiger partial charge in [-0.2, -0.15) is 0 Å². The van der Waals surface area contributed by atoms with E-state index in [-0.39, 0.29) is 25.1 Å². The van der Waals surface area contributed by atoms with Gasteiger partial charge in [-0.3, -0.25) is 14.4 Å². The van der Waals surface area contributed by atoms with E-state index in [1.165, 1.54) is 23.1 Å². The van der Waals surface area contributed by atoms with Gasteiger partial charge in [-0.25, -0.2) is 0 Å². The molecule has 8 heteroatoms. The SMILES string of the molecule is O=C(CC1C(=O)NCCN1C(=O)c1cc(Cl)cc(Cl)c1)OCCc1ccccc1. The molecule has 0 spiro atoms. The van der Waals surface area contributed by atoms with Gasteiger partial charge in [-0.15, -0.1) is 0 Å². The number of nitrogens with one attached hydrogen (secondary N) is 1. The number of carbonyl (C=O) groups is 3. The molecule has 2 amide bonds. The number of ether oxygens (including phenoxy) is 1. The van der Waals surface area contributed by atoms with Crippen LogP contribution in [-0.2, 0) is 20.7 Å². The van der Waals surface area contributed by atoms with Crippen LogP contribution in [0.1, 0.15) is 22.3 Å². The Morgan fingerprint density at radius 3 is 2.48 bits per heavy atom. The summed E-state index contributed by atoms with van der Waals surface area (Å²) in [5, 5.41) is 3.32. The summed E-state index contributed by atoms with van der Waals surface area (Å²) in [5.74, 6) is -1.34. The highest BCUT2D eigenvalue weighted by molar-refractivity contribution is 6.35. The maximum Gasteiger partial charge on any atom is 0.308 e. The summed E-state index contributed by atoms with van der Waals surface area (Å²) in [5.41, 5.74) is 1.31. The Morgan fingerprint density at radius 1 is 1.10 bits per heavy atom. The van der Waals surface area contributed by atoms with E-state index in [9.17, 15) is 14.4 Å². The van der Waals surface area contributed by atoms with Crippen LogP contribution in [0.5, 0.6) is 0 Å². The van der Waals surface area contributed by atoms with Gasteiger partial charge < -0.3 is 15.0 Å². The standard InChI is InChI=1S/C21H20Cl2N2O4/c22-16-10-15(11-17(23)12-16)21(28)25-8-7-24-20(27)18(25)13-19(26)29-9-6-14-4-2-1-3-5-14/h1-5,10-12,18H,6-9,13H2,(H,24,27).